The summed E-state index contributed by atoms with van der Waals surface area (Å²) in [6.07, 6.45) is 4.61. The number of methoxy groups -OCH3 is 1. The van der Waals surface area contributed by atoms with Gasteiger partial charge in [-0.2, -0.15) is 5.10 Å². The number of unbranched alkanes of at least 4 members (excludes halogenated alkanes) is 2. The van der Waals surface area contributed by atoms with Crippen LogP contribution in [-0.4, -0.2) is 37.8 Å². The number of nitrogens with zero attached hydrogens (tertiary/aromatic N) is 1. The summed E-state index contributed by atoms with van der Waals surface area (Å²) in [5.41, 5.74) is 3.49. The van der Waals surface area contributed by atoms with Crippen LogP contribution in [0.5, 0.6) is 11.5 Å². The number of rotatable bonds is 12. The van der Waals surface area contributed by atoms with Gasteiger partial charge < -0.3 is 14.8 Å². The van der Waals surface area contributed by atoms with E-state index in [-0.39, 0.29) is 5.92 Å². The van der Waals surface area contributed by atoms with Crippen LogP contribution in [0.2, 0.25) is 5.02 Å². The fraction of sp³-hybridized carbons (Fsp3) is 0.400. The Morgan fingerprint density at radius 3 is 2.55 bits per heavy atom. The summed E-state index contributed by atoms with van der Waals surface area (Å²) < 4.78 is 11.3. The van der Waals surface area contributed by atoms with Gasteiger partial charge in [0.2, 0.25) is 0 Å². The lowest BCUT2D eigenvalue weighted by atomic mass is 10.0. The molecule has 178 valence electrons. The maximum Gasteiger partial charge on any atom is 0.262 e. The number of hydrogen-bond acceptors (Lipinski definition) is 5. The molecule has 0 heterocycles. The van der Waals surface area contributed by atoms with Gasteiger partial charge in [0.25, 0.3) is 11.8 Å². The lowest BCUT2D eigenvalue weighted by Crippen LogP contribution is -2.48. The van der Waals surface area contributed by atoms with Crippen LogP contribution in [-0.2, 0) is 4.79 Å². The van der Waals surface area contributed by atoms with Gasteiger partial charge in [0, 0.05) is 5.56 Å². The highest BCUT2D eigenvalue weighted by Gasteiger charge is 2.25. The van der Waals surface area contributed by atoms with Gasteiger partial charge in [0.15, 0.2) is 11.5 Å². The first kappa shape index (κ1) is 26.2. The molecule has 2 aromatic carbocycles. The molecule has 33 heavy (non-hydrogen) atoms. The molecule has 8 heteroatoms. The summed E-state index contributed by atoms with van der Waals surface area (Å²) in [4.78, 5) is 25.3. The molecule has 0 spiro atoms. The third-order valence-corrected chi connectivity index (χ3v) is 5.29. The van der Waals surface area contributed by atoms with E-state index in [0.717, 1.165) is 19.3 Å². The number of amides is 2. The number of hydrazone groups is 1. The number of benzene rings is 2. The monoisotopic (exact) mass is 473 g/mol. The van der Waals surface area contributed by atoms with Crippen LogP contribution in [0.25, 0.3) is 0 Å². The van der Waals surface area contributed by atoms with E-state index in [1.54, 1.807) is 31.4 Å². The van der Waals surface area contributed by atoms with Crippen LogP contribution in [0, 0.1) is 5.92 Å². The van der Waals surface area contributed by atoms with Crippen molar-refractivity contribution < 1.29 is 19.1 Å². The molecule has 0 bridgehead atoms. The van der Waals surface area contributed by atoms with Crippen LogP contribution in [0.3, 0.4) is 0 Å². The number of carbonyl (C=O) groups is 2. The predicted octanol–water partition coefficient (Wildman–Crippen LogP) is 4.82. The summed E-state index contributed by atoms with van der Waals surface area (Å²) in [7, 11) is 1.58. The summed E-state index contributed by atoms with van der Waals surface area (Å²) in [6, 6.07) is 11.3. The molecular weight excluding hydrogens is 442 g/mol. The van der Waals surface area contributed by atoms with Gasteiger partial charge in [-0.3, -0.25) is 9.59 Å². The summed E-state index contributed by atoms with van der Waals surface area (Å²) in [5.74, 6) is 0.139. The van der Waals surface area contributed by atoms with E-state index in [2.05, 4.69) is 22.8 Å². The third-order valence-electron chi connectivity index (χ3n) is 4.96. The van der Waals surface area contributed by atoms with Gasteiger partial charge in [-0.05, 0) is 36.6 Å². The Balaban J connectivity index is 2.08. The lowest BCUT2D eigenvalue weighted by Gasteiger charge is -2.20. The average Bonchev–Trinajstić information content (AvgIpc) is 2.80. The van der Waals surface area contributed by atoms with E-state index in [4.69, 9.17) is 21.1 Å². The number of carbonyl (C=O) groups excluding carboxylic acids is 2. The quantitative estimate of drug-likeness (QED) is 0.262. The molecule has 2 aromatic rings. The van der Waals surface area contributed by atoms with Gasteiger partial charge in [0.05, 0.1) is 30.5 Å². The van der Waals surface area contributed by atoms with Gasteiger partial charge in [-0.1, -0.05) is 63.4 Å². The van der Waals surface area contributed by atoms with Crippen molar-refractivity contribution in [2.45, 2.75) is 46.1 Å². The predicted molar refractivity (Wildman–Crippen MR) is 131 cm³/mol. The third kappa shape index (κ3) is 7.79. The van der Waals surface area contributed by atoms with E-state index < -0.39 is 17.9 Å². The molecule has 2 rings (SSSR count). The van der Waals surface area contributed by atoms with Crippen LogP contribution >= 0.6 is 11.6 Å². The molecule has 7 nitrogen and oxygen atoms in total. The fourth-order valence-corrected chi connectivity index (χ4v) is 3.33. The number of nitrogens with one attached hydrogen (secondary N) is 2. The SMILES string of the molecule is CCCCCOc1c(/C=N/NC(=O)C(NC(=O)c2ccccc2Cl)C(C)C)cccc1OC. The van der Waals surface area contributed by atoms with E-state index in [1.165, 1.54) is 6.21 Å². The number of para-hydroxylation sites is 1. The number of hydrogen-bond donors (Lipinski definition) is 2. The van der Waals surface area contributed by atoms with Gasteiger partial charge in [0.1, 0.15) is 6.04 Å². The standard InChI is InChI=1S/C25H32ClN3O4/c1-5-6-9-15-33-23-18(11-10-14-21(23)32-4)16-27-29-25(31)22(17(2)3)28-24(30)19-12-7-8-13-20(19)26/h7-8,10-14,16-17,22H,5-6,9,15H2,1-4H3,(H,28,30)(H,29,31)/b27-16+. The topological polar surface area (TPSA) is 89.0 Å². The normalized spacial score (nSPS) is 11.9. The molecule has 0 aliphatic rings. The second-order valence-corrected chi connectivity index (χ2v) is 8.25. The van der Waals surface area contributed by atoms with Crippen molar-refractivity contribution in [1.82, 2.24) is 10.7 Å². The Labute approximate surface area is 200 Å². The van der Waals surface area contributed by atoms with Crippen molar-refractivity contribution in [3.63, 3.8) is 0 Å². The molecule has 2 N–H and O–H groups in total. The van der Waals surface area contributed by atoms with Crippen LogP contribution in [0.15, 0.2) is 47.6 Å². The average molecular weight is 474 g/mol. The zero-order valence-electron chi connectivity index (χ0n) is 19.6. The van der Waals surface area contributed by atoms with Gasteiger partial charge >= 0.3 is 0 Å². The largest absolute Gasteiger partial charge is 0.493 e. The molecule has 0 aliphatic carbocycles. The summed E-state index contributed by atoms with van der Waals surface area (Å²) in [6.45, 7) is 6.37. The Bertz CT molecular complexity index is 962. The second-order valence-electron chi connectivity index (χ2n) is 7.84. The van der Waals surface area contributed by atoms with Crippen molar-refractivity contribution in [1.29, 1.82) is 0 Å². The number of halogens is 1. The molecule has 0 saturated heterocycles. The molecule has 0 aliphatic heterocycles. The maximum absolute atomic E-state index is 12.8. The van der Waals surface area contributed by atoms with Gasteiger partial charge in [-0.25, -0.2) is 5.43 Å². The molecule has 0 aromatic heterocycles. The molecule has 0 radical (unpaired) electrons. The molecule has 0 saturated carbocycles. The van der Waals surface area contributed by atoms with Crippen molar-refractivity contribution >= 4 is 29.6 Å². The van der Waals surface area contributed by atoms with Crippen LogP contribution in [0.4, 0.5) is 0 Å². The maximum atomic E-state index is 12.8. The Hall–Kier alpha value is -3.06. The van der Waals surface area contributed by atoms with E-state index in [0.29, 0.717) is 34.3 Å². The Morgan fingerprint density at radius 2 is 1.88 bits per heavy atom. The molecular formula is C25H32ClN3O4. The van der Waals surface area contributed by atoms with E-state index in [1.807, 2.05) is 32.0 Å². The minimum atomic E-state index is -0.791. The highest BCUT2D eigenvalue weighted by atomic mass is 35.5. The van der Waals surface area contributed by atoms with E-state index >= 15 is 0 Å². The van der Waals surface area contributed by atoms with Gasteiger partial charge in [-0.15, -0.1) is 0 Å². The number of ether oxygens (including phenoxy) is 2. The van der Waals surface area contributed by atoms with E-state index in [9.17, 15) is 9.59 Å². The minimum Gasteiger partial charge on any atom is -0.493 e. The first-order chi connectivity index (χ1) is 15.9. The molecule has 2 amide bonds. The van der Waals surface area contributed by atoms with Crippen molar-refractivity contribution in [3.8, 4) is 11.5 Å². The second kappa shape index (κ2) is 13.5. The lowest BCUT2D eigenvalue weighted by molar-refractivity contribution is -0.123. The van der Waals surface area contributed by atoms with Crippen molar-refractivity contribution in [2.24, 2.45) is 11.0 Å². The van der Waals surface area contributed by atoms with Crippen molar-refractivity contribution in [2.75, 3.05) is 13.7 Å². The zero-order chi connectivity index (χ0) is 24.2. The molecule has 1 unspecified atom stereocenters. The van der Waals surface area contributed by atoms with Crippen molar-refractivity contribution in [3.05, 3.63) is 58.6 Å². The summed E-state index contributed by atoms with van der Waals surface area (Å²) in [5, 5.41) is 7.14. The Morgan fingerprint density at radius 1 is 1.12 bits per heavy atom. The highest BCUT2D eigenvalue weighted by molar-refractivity contribution is 6.33. The minimum absolute atomic E-state index is 0.166. The molecule has 0 fully saturated rings. The van der Waals surface area contributed by atoms with Crippen LogP contribution < -0.4 is 20.2 Å². The first-order valence-electron chi connectivity index (χ1n) is 11.1. The Kier molecular flexibility index (Phi) is 10.7. The first-order valence-corrected chi connectivity index (χ1v) is 11.4. The highest BCUT2D eigenvalue weighted by Crippen LogP contribution is 2.30. The zero-order valence-corrected chi connectivity index (χ0v) is 20.3. The van der Waals surface area contributed by atoms with Crippen LogP contribution in [0.1, 0.15) is 56.0 Å². The fourth-order valence-electron chi connectivity index (χ4n) is 3.11. The molecule has 1 atom stereocenters. The summed E-state index contributed by atoms with van der Waals surface area (Å²) >= 11 is 6.10. The smallest absolute Gasteiger partial charge is 0.262 e.